The fraction of sp³-hybridized carbons (Fsp3) is 0.133. The predicted octanol–water partition coefficient (Wildman–Crippen LogP) is 4.13. The van der Waals surface area contributed by atoms with Crippen molar-refractivity contribution in [3.05, 3.63) is 62.6 Å². The van der Waals surface area contributed by atoms with Crippen molar-refractivity contribution in [2.45, 2.75) is 13.5 Å². The van der Waals surface area contributed by atoms with Crippen molar-refractivity contribution >= 4 is 33.5 Å². The standard InChI is InChI=1S/C15H13N3O2S/c1-10-6-12-13(8-16-10)15(18(19)20)3-2-14(12)17-7-11-4-5-21-9-11/h2-6,8-9,17H,7H2,1H3. The summed E-state index contributed by atoms with van der Waals surface area (Å²) in [5, 5.41) is 19.9. The summed E-state index contributed by atoms with van der Waals surface area (Å²) in [6.07, 6.45) is 1.57. The average molecular weight is 299 g/mol. The Morgan fingerprint density at radius 1 is 1.33 bits per heavy atom. The molecule has 106 valence electrons. The third kappa shape index (κ3) is 2.71. The summed E-state index contributed by atoms with van der Waals surface area (Å²) < 4.78 is 0. The number of nitrogens with one attached hydrogen (secondary N) is 1. The van der Waals surface area contributed by atoms with Crippen LogP contribution in [0.25, 0.3) is 10.8 Å². The van der Waals surface area contributed by atoms with Gasteiger partial charge in [-0.15, -0.1) is 0 Å². The fourth-order valence-corrected chi connectivity index (χ4v) is 2.90. The molecule has 1 aromatic carbocycles. The van der Waals surface area contributed by atoms with Gasteiger partial charge in [0.15, 0.2) is 0 Å². The number of nitro groups is 1. The summed E-state index contributed by atoms with van der Waals surface area (Å²) in [6, 6.07) is 7.21. The SMILES string of the molecule is Cc1cc2c(NCc3ccsc3)ccc([N+](=O)[O-])c2cn1. The molecule has 0 aliphatic rings. The van der Waals surface area contributed by atoms with Crippen molar-refractivity contribution in [2.75, 3.05) is 5.32 Å². The molecule has 0 saturated heterocycles. The molecule has 2 aromatic heterocycles. The maximum absolute atomic E-state index is 11.1. The summed E-state index contributed by atoms with van der Waals surface area (Å²) in [4.78, 5) is 14.9. The number of anilines is 1. The number of non-ortho nitro benzene ring substituents is 1. The van der Waals surface area contributed by atoms with Gasteiger partial charge in [0.2, 0.25) is 0 Å². The monoisotopic (exact) mass is 299 g/mol. The number of nitrogens with zero attached hydrogens (tertiary/aromatic N) is 2. The zero-order chi connectivity index (χ0) is 14.8. The Labute approximate surface area is 125 Å². The Morgan fingerprint density at radius 3 is 2.90 bits per heavy atom. The molecule has 21 heavy (non-hydrogen) atoms. The number of hydrogen-bond donors (Lipinski definition) is 1. The molecule has 3 rings (SSSR count). The lowest BCUT2D eigenvalue weighted by Gasteiger charge is -2.10. The lowest BCUT2D eigenvalue weighted by molar-refractivity contribution is -0.383. The van der Waals surface area contributed by atoms with E-state index in [4.69, 9.17) is 0 Å². The molecule has 2 heterocycles. The Morgan fingerprint density at radius 2 is 2.19 bits per heavy atom. The van der Waals surface area contributed by atoms with E-state index < -0.39 is 0 Å². The van der Waals surface area contributed by atoms with Gasteiger partial charge in [0, 0.05) is 35.6 Å². The van der Waals surface area contributed by atoms with Crippen LogP contribution in [0.3, 0.4) is 0 Å². The number of pyridine rings is 1. The third-order valence-corrected chi connectivity index (χ3v) is 4.01. The van der Waals surface area contributed by atoms with E-state index in [0.29, 0.717) is 11.9 Å². The molecule has 0 unspecified atom stereocenters. The van der Waals surface area contributed by atoms with Gasteiger partial charge in [-0.1, -0.05) is 0 Å². The Kier molecular flexibility index (Phi) is 3.53. The molecule has 1 N–H and O–H groups in total. The average Bonchev–Trinajstić information content (AvgIpc) is 2.97. The second-order valence-electron chi connectivity index (χ2n) is 4.75. The minimum Gasteiger partial charge on any atom is -0.380 e. The fourth-order valence-electron chi connectivity index (χ4n) is 2.23. The minimum absolute atomic E-state index is 0.0820. The Balaban J connectivity index is 2.04. The van der Waals surface area contributed by atoms with Gasteiger partial charge in [0.1, 0.15) is 0 Å². The number of thiophene rings is 1. The first kappa shape index (κ1) is 13.5. The predicted molar refractivity (Wildman–Crippen MR) is 84.8 cm³/mol. The molecule has 3 aromatic rings. The Hall–Kier alpha value is -2.47. The normalized spacial score (nSPS) is 10.7. The second kappa shape index (κ2) is 5.49. The molecular weight excluding hydrogens is 286 g/mol. The molecule has 5 nitrogen and oxygen atoms in total. The highest BCUT2D eigenvalue weighted by Crippen LogP contribution is 2.31. The number of aryl methyl sites for hydroxylation is 1. The first-order valence-electron chi connectivity index (χ1n) is 6.44. The number of hydrogen-bond acceptors (Lipinski definition) is 5. The van der Waals surface area contributed by atoms with Crippen LogP contribution >= 0.6 is 11.3 Å². The molecule has 0 atom stereocenters. The van der Waals surface area contributed by atoms with Crippen molar-refractivity contribution < 1.29 is 4.92 Å². The van der Waals surface area contributed by atoms with Crippen molar-refractivity contribution in [3.63, 3.8) is 0 Å². The summed E-state index contributed by atoms with van der Waals surface area (Å²) in [5.74, 6) is 0. The van der Waals surface area contributed by atoms with Crippen molar-refractivity contribution in [2.24, 2.45) is 0 Å². The van der Waals surface area contributed by atoms with Crippen LogP contribution in [-0.2, 0) is 6.54 Å². The van der Waals surface area contributed by atoms with E-state index in [1.54, 1.807) is 23.6 Å². The van der Waals surface area contributed by atoms with E-state index in [0.717, 1.165) is 16.8 Å². The number of nitro benzene ring substituents is 1. The van der Waals surface area contributed by atoms with E-state index >= 15 is 0 Å². The Bertz CT molecular complexity index is 800. The molecular formula is C15H13N3O2S. The molecule has 0 amide bonds. The van der Waals surface area contributed by atoms with Crippen LogP contribution in [0.2, 0.25) is 0 Å². The van der Waals surface area contributed by atoms with E-state index in [9.17, 15) is 10.1 Å². The van der Waals surface area contributed by atoms with Gasteiger partial charge >= 0.3 is 0 Å². The van der Waals surface area contributed by atoms with Crippen LogP contribution in [0.5, 0.6) is 0 Å². The van der Waals surface area contributed by atoms with Gasteiger partial charge in [-0.3, -0.25) is 15.1 Å². The topological polar surface area (TPSA) is 68.1 Å². The molecule has 0 radical (unpaired) electrons. The van der Waals surface area contributed by atoms with E-state index in [2.05, 4.69) is 21.7 Å². The molecule has 6 heteroatoms. The molecule has 0 aliphatic carbocycles. The highest BCUT2D eigenvalue weighted by atomic mass is 32.1. The zero-order valence-electron chi connectivity index (χ0n) is 11.4. The highest BCUT2D eigenvalue weighted by molar-refractivity contribution is 7.07. The lowest BCUT2D eigenvalue weighted by atomic mass is 10.1. The van der Waals surface area contributed by atoms with Crippen molar-refractivity contribution in [1.82, 2.24) is 4.98 Å². The maximum atomic E-state index is 11.1. The molecule has 0 aliphatic heterocycles. The quantitative estimate of drug-likeness (QED) is 0.581. The third-order valence-electron chi connectivity index (χ3n) is 3.27. The molecule has 0 spiro atoms. The number of rotatable bonds is 4. The van der Waals surface area contributed by atoms with Crippen molar-refractivity contribution in [1.29, 1.82) is 0 Å². The smallest absolute Gasteiger partial charge is 0.278 e. The number of fused-ring (bicyclic) bond motifs is 1. The maximum Gasteiger partial charge on any atom is 0.278 e. The highest BCUT2D eigenvalue weighted by Gasteiger charge is 2.14. The van der Waals surface area contributed by atoms with Gasteiger partial charge in [-0.2, -0.15) is 11.3 Å². The van der Waals surface area contributed by atoms with Gasteiger partial charge in [0.05, 0.1) is 10.3 Å². The number of aromatic nitrogens is 1. The summed E-state index contributed by atoms with van der Waals surface area (Å²) in [6.45, 7) is 2.57. The summed E-state index contributed by atoms with van der Waals surface area (Å²) in [7, 11) is 0. The zero-order valence-corrected chi connectivity index (χ0v) is 12.2. The van der Waals surface area contributed by atoms with Gasteiger partial charge in [0.25, 0.3) is 5.69 Å². The van der Waals surface area contributed by atoms with Gasteiger partial charge < -0.3 is 5.32 Å². The van der Waals surface area contributed by atoms with Crippen LogP contribution in [-0.4, -0.2) is 9.91 Å². The lowest BCUT2D eigenvalue weighted by Crippen LogP contribution is -2.00. The van der Waals surface area contributed by atoms with E-state index in [-0.39, 0.29) is 10.6 Å². The van der Waals surface area contributed by atoms with Crippen molar-refractivity contribution in [3.8, 4) is 0 Å². The number of benzene rings is 1. The first-order valence-corrected chi connectivity index (χ1v) is 7.38. The largest absolute Gasteiger partial charge is 0.380 e. The summed E-state index contributed by atoms with van der Waals surface area (Å²) >= 11 is 1.65. The second-order valence-corrected chi connectivity index (χ2v) is 5.53. The summed E-state index contributed by atoms with van der Waals surface area (Å²) in [5.41, 5.74) is 2.99. The molecule has 0 saturated carbocycles. The molecule has 0 fully saturated rings. The van der Waals surface area contributed by atoms with Gasteiger partial charge in [-0.05, 0) is 41.4 Å². The van der Waals surface area contributed by atoms with Crippen LogP contribution in [0.4, 0.5) is 11.4 Å². The van der Waals surface area contributed by atoms with Crippen LogP contribution in [0, 0.1) is 17.0 Å². The van der Waals surface area contributed by atoms with E-state index in [1.807, 2.05) is 18.4 Å². The van der Waals surface area contributed by atoms with E-state index in [1.165, 1.54) is 11.6 Å². The first-order chi connectivity index (χ1) is 10.1. The van der Waals surface area contributed by atoms with Gasteiger partial charge in [-0.25, -0.2) is 0 Å². The van der Waals surface area contributed by atoms with Crippen LogP contribution in [0.15, 0.2) is 41.2 Å². The van der Waals surface area contributed by atoms with Crippen LogP contribution < -0.4 is 5.32 Å². The molecule has 0 bridgehead atoms. The van der Waals surface area contributed by atoms with Crippen LogP contribution in [0.1, 0.15) is 11.3 Å². The minimum atomic E-state index is -0.373.